The third kappa shape index (κ3) is 9.05. The number of guanidine groups is 1. The Hall–Kier alpha value is -1.79. The van der Waals surface area contributed by atoms with E-state index in [1.807, 2.05) is 31.2 Å². The SMILES string of the molecule is CN=C(NCCCOCCOC)NCCOc1ccccc1C. The highest BCUT2D eigenvalue weighted by atomic mass is 16.5. The molecule has 0 aromatic heterocycles. The van der Waals surface area contributed by atoms with Crippen LogP contribution in [0.5, 0.6) is 5.75 Å². The third-order valence-electron chi connectivity index (χ3n) is 3.16. The van der Waals surface area contributed by atoms with Gasteiger partial charge in [-0.2, -0.15) is 0 Å². The highest BCUT2D eigenvalue weighted by Crippen LogP contribution is 2.15. The van der Waals surface area contributed by atoms with E-state index in [0.717, 1.165) is 30.2 Å². The first-order chi connectivity index (χ1) is 11.3. The minimum atomic E-state index is 0.589. The van der Waals surface area contributed by atoms with Gasteiger partial charge in [0.1, 0.15) is 12.4 Å². The van der Waals surface area contributed by atoms with Crippen LogP contribution in [-0.4, -0.2) is 59.6 Å². The van der Waals surface area contributed by atoms with Crippen LogP contribution in [-0.2, 0) is 9.47 Å². The van der Waals surface area contributed by atoms with E-state index in [4.69, 9.17) is 14.2 Å². The summed E-state index contributed by atoms with van der Waals surface area (Å²) in [4.78, 5) is 4.18. The highest BCUT2D eigenvalue weighted by molar-refractivity contribution is 5.79. The normalized spacial score (nSPS) is 11.3. The van der Waals surface area contributed by atoms with Crippen LogP contribution in [0.1, 0.15) is 12.0 Å². The number of nitrogens with one attached hydrogen (secondary N) is 2. The quantitative estimate of drug-likeness (QED) is 0.368. The smallest absolute Gasteiger partial charge is 0.191 e. The molecule has 0 aliphatic heterocycles. The lowest BCUT2D eigenvalue weighted by atomic mass is 10.2. The minimum absolute atomic E-state index is 0.589. The average Bonchev–Trinajstić information content (AvgIpc) is 2.57. The van der Waals surface area contributed by atoms with Gasteiger partial charge in [0.15, 0.2) is 5.96 Å². The van der Waals surface area contributed by atoms with E-state index in [1.165, 1.54) is 0 Å². The van der Waals surface area contributed by atoms with Crippen LogP contribution in [0, 0.1) is 6.92 Å². The first-order valence-electron chi connectivity index (χ1n) is 7.97. The standard InChI is InChI=1S/C17H29N3O3/c1-15-7-4-5-8-16(15)23-12-10-20-17(18-2)19-9-6-11-22-14-13-21-3/h4-5,7-8H,6,9-14H2,1-3H3,(H2,18,19,20). The predicted molar refractivity (Wildman–Crippen MR) is 93.4 cm³/mol. The van der Waals surface area contributed by atoms with Crippen LogP contribution in [0.4, 0.5) is 0 Å². The zero-order valence-corrected chi connectivity index (χ0v) is 14.4. The highest BCUT2D eigenvalue weighted by Gasteiger charge is 1.99. The van der Waals surface area contributed by atoms with E-state index < -0.39 is 0 Å². The van der Waals surface area contributed by atoms with Gasteiger partial charge < -0.3 is 24.8 Å². The number of methoxy groups -OCH3 is 1. The van der Waals surface area contributed by atoms with Gasteiger partial charge in [-0.15, -0.1) is 0 Å². The summed E-state index contributed by atoms with van der Waals surface area (Å²) in [5.74, 6) is 1.70. The van der Waals surface area contributed by atoms with Crippen molar-refractivity contribution in [3.63, 3.8) is 0 Å². The molecular formula is C17H29N3O3. The molecule has 0 saturated carbocycles. The van der Waals surface area contributed by atoms with Crippen molar-refractivity contribution in [3.8, 4) is 5.75 Å². The third-order valence-corrected chi connectivity index (χ3v) is 3.16. The number of aliphatic imine (C=N–C) groups is 1. The molecule has 1 aromatic carbocycles. The van der Waals surface area contributed by atoms with E-state index in [2.05, 4.69) is 15.6 Å². The molecule has 0 bridgehead atoms. The summed E-state index contributed by atoms with van der Waals surface area (Å²) >= 11 is 0. The Labute approximate surface area is 139 Å². The van der Waals surface area contributed by atoms with Gasteiger partial charge in [-0.05, 0) is 25.0 Å². The molecule has 23 heavy (non-hydrogen) atoms. The van der Waals surface area contributed by atoms with Gasteiger partial charge in [0.25, 0.3) is 0 Å². The molecule has 0 unspecified atom stereocenters. The van der Waals surface area contributed by atoms with Crippen molar-refractivity contribution in [2.45, 2.75) is 13.3 Å². The number of benzene rings is 1. The summed E-state index contributed by atoms with van der Waals surface area (Å²) in [6.07, 6.45) is 0.921. The van der Waals surface area contributed by atoms with Gasteiger partial charge in [-0.1, -0.05) is 18.2 Å². The number of nitrogens with zero attached hydrogens (tertiary/aromatic N) is 1. The zero-order valence-electron chi connectivity index (χ0n) is 14.4. The summed E-state index contributed by atoms with van der Waals surface area (Å²) in [7, 11) is 3.43. The van der Waals surface area contributed by atoms with Crippen molar-refractivity contribution in [2.24, 2.45) is 4.99 Å². The summed E-state index contributed by atoms with van der Waals surface area (Å²) in [6.45, 7) is 6.12. The Morgan fingerprint density at radius 3 is 2.57 bits per heavy atom. The maximum Gasteiger partial charge on any atom is 0.191 e. The maximum atomic E-state index is 5.74. The number of rotatable bonds is 11. The number of ether oxygens (including phenoxy) is 3. The number of hydrogen-bond acceptors (Lipinski definition) is 4. The fraction of sp³-hybridized carbons (Fsp3) is 0.588. The fourth-order valence-electron chi connectivity index (χ4n) is 1.89. The van der Waals surface area contributed by atoms with E-state index >= 15 is 0 Å². The van der Waals surface area contributed by atoms with Crippen molar-refractivity contribution < 1.29 is 14.2 Å². The van der Waals surface area contributed by atoms with E-state index in [0.29, 0.717) is 33.0 Å². The molecule has 2 N–H and O–H groups in total. The largest absolute Gasteiger partial charge is 0.491 e. The van der Waals surface area contributed by atoms with Crippen LogP contribution >= 0.6 is 0 Å². The van der Waals surface area contributed by atoms with Gasteiger partial charge >= 0.3 is 0 Å². The molecule has 0 aliphatic carbocycles. The molecule has 0 amide bonds. The first-order valence-corrected chi connectivity index (χ1v) is 7.97. The summed E-state index contributed by atoms with van der Waals surface area (Å²) in [5.41, 5.74) is 1.14. The molecule has 0 saturated heterocycles. The molecule has 0 radical (unpaired) electrons. The lowest BCUT2D eigenvalue weighted by Crippen LogP contribution is -2.39. The van der Waals surface area contributed by atoms with Crippen LogP contribution in [0.2, 0.25) is 0 Å². The van der Waals surface area contributed by atoms with E-state index in [9.17, 15) is 0 Å². The van der Waals surface area contributed by atoms with E-state index in [-0.39, 0.29) is 0 Å². The van der Waals surface area contributed by atoms with Crippen molar-refractivity contribution in [1.29, 1.82) is 0 Å². The van der Waals surface area contributed by atoms with E-state index in [1.54, 1.807) is 14.2 Å². The second-order valence-corrected chi connectivity index (χ2v) is 5.00. The number of aryl methyl sites for hydroxylation is 1. The van der Waals surface area contributed by atoms with Crippen LogP contribution in [0.25, 0.3) is 0 Å². The van der Waals surface area contributed by atoms with Crippen LogP contribution in [0.3, 0.4) is 0 Å². The van der Waals surface area contributed by atoms with Crippen LogP contribution < -0.4 is 15.4 Å². The van der Waals surface area contributed by atoms with Crippen LogP contribution in [0.15, 0.2) is 29.3 Å². The molecule has 0 heterocycles. The zero-order chi connectivity index (χ0) is 16.8. The van der Waals surface area contributed by atoms with Crippen molar-refractivity contribution >= 4 is 5.96 Å². The topological polar surface area (TPSA) is 64.1 Å². The fourth-order valence-corrected chi connectivity index (χ4v) is 1.89. The lowest BCUT2D eigenvalue weighted by molar-refractivity contribution is 0.0698. The second-order valence-electron chi connectivity index (χ2n) is 5.00. The summed E-state index contributed by atoms with van der Waals surface area (Å²) < 4.78 is 16.1. The van der Waals surface area contributed by atoms with Gasteiger partial charge in [-0.25, -0.2) is 0 Å². The van der Waals surface area contributed by atoms with Crippen molar-refractivity contribution in [3.05, 3.63) is 29.8 Å². The summed E-state index contributed by atoms with van der Waals surface area (Å²) in [6, 6.07) is 8.00. The predicted octanol–water partition coefficient (Wildman–Crippen LogP) is 1.59. The Kier molecular flexibility index (Phi) is 10.7. The van der Waals surface area contributed by atoms with Crippen molar-refractivity contribution in [1.82, 2.24) is 10.6 Å². The van der Waals surface area contributed by atoms with Gasteiger partial charge in [0.2, 0.25) is 0 Å². The Bertz CT molecular complexity index is 452. The van der Waals surface area contributed by atoms with Crippen molar-refractivity contribution in [2.75, 3.05) is 53.7 Å². The summed E-state index contributed by atoms with van der Waals surface area (Å²) in [5, 5.41) is 6.47. The molecule has 130 valence electrons. The van der Waals surface area contributed by atoms with Gasteiger partial charge in [0.05, 0.1) is 19.8 Å². The van der Waals surface area contributed by atoms with Gasteiger partial charge in [0, 0.05) is 27.3 Å². The van der Waals surface area contributed by atoms with Gasteiger partial charge in [-0.3, -0.25) is 4.99 Å². The average molecular weight is 323 g/mol. The molecule has 1 rings (SSSR count). The lowest BCUT2D eigenvalue weighted by Gasteiger charge is -2.13. The molecule has 6 heteroatoms. The molecular weight excluding hydrogens is 294 g/mol. The first kappa shape index (κ1) is 19.3. The number of para-hydroxylation sites is 1. The Morgan fingerprint density at radius 2 is 1.83 bits per heavy atom. The second kappa shape index (κ2) is 12.7. The molecule has 0 atom stereocenters. The molecule has 0 spiro atoms. The maximum absolute atomic E-state index is 5.74. The number of hydrogen-bond donors (Lipinski definition) is 2. The molecule has 6 nitrogen and oxygen atoms in total. The molecule has 0 fully saturated rings. The Balaban J connectivity index is 2.07. The molecule has 0 aliphatic rings. The minimum Gasteiger partial charge on any atom is -0.491 e. The monoisotopic (exact) mass is 323 g/mol. The Morgan fingerprint density at radius 1 is 1.04 bits per heavy atom. The molecule has 1 aromatic rings.